The van der Waals surface area contributed by atoms with E-state index in [9.17, 15) is 9.59 Å². The Hall–Kier alpha value is -0.700. The minimum absolute atomic E-state index is 0.101. The Bertz CT molecular complexity index is 554. The van der Waals surface area contributed by atoms with Gasteiger partial charge in [0.25, 0.3) is 0 Å². The number of hydrogen-bond donors (Lipinski definition) is 0. The maximum Gasteiger partial charge on any atom is 0.146 e. The number of rotatable bonds is 1. The number of carbonyl (C=O) groups excluding carboxylic acids is 2. The molecule has 0 N–H and O–H groups in total. The van der Waals surface area contributed by atoms with Gasteiger partial charge >= 0.3 is 0 Å². The normalized spacial score (nSPS) is 69.8. The maximum atomic E-state index is 13.2. The lowest BCUT2D eigenvalue weighted by molar-refractivity contribution is -0.138. The average Bonchev–Trinajstić information content (AvgIpc) is 3.11. The first kappa shape index (κ1) is 10.1. The summed E-state index contributed by atoms with van der Waals surface area (Å²) in [7, 11) is 1.77. The van der Waals surface area contributed by atoms with Crippen molar-refractivity contribution in [3.05, 3.63) is 0 Å². The monoisotopic (exact) mass is 258 g/mol. The van der Waals surface area contributed by atoms with Gasteiger partial charge in [-0.3, -0.25) is 9.59 Å². The number of carbonyl (C=O) groups is 2. The molecule has 9 unspecified atom stereocenters. The molecule has 0 aromatic carbocycles. The van der Waals surface area contributed by atoms with Crippen LogP contribution >= 0.6 is 0 Å². The van der Waals surface area contributed by atoms with Crippen LogP contribution in [-0.4, -0.2) is 24.8 Å². The molecule has 3 nitrogen and oxygen atoms in total. The third-order valence-corrected chi connectivity index (χ3v) is 8.18. The summed E-state index contributed by atoms with van der Waals surface area (Å²) in [6.07, 6.45) is 3.32. The van der Waals surface area contributed by atoms with Crippen molar-refractivity contribution in [3.8, 4) is 0 Å². The van der Waals surface area contributed by atoms with Crippen LogP contribution in [0.5, 0.6) is 0 Å². The fourth-order valence-corrected chi connectivity index (χ4v) is 8.34. The lowest BCUT2D eigenvalue weighted by Crippen LogP contribution is -2.43. The van der Waals surface area contributed by atoms with Crippen molar-refractivity contribution >= 4 is 11.6 Å². The Morgan fingerprint density at radius 3 is 2.74 bits per heavy atom. The summed E-state index contributed by atoms with van der Waals surface area (Å²) in [6, 6.07) is 0. The van der Waals surface area contributed by atoms with Crippen LogP contribution in [0.3, 0.4) is 0 Å². The Balaban J connectivity index is 1.71. The smallest absolute Gasteiger partial charge is 0.146 e. The molecule has 0 amide bonds. The van der Waals surface area contributed by atoms with Gasteiger partial charge in [0.1, 0.15) is 11.6 Å². The molecule has 0 aromatic rings. The molecular weight excluding hydrogens is 240 g/mol. The Kier molecular flexibility index (Phi) is 1.36. The summed E-state index contributed by atoms with van der Waals surface area (Å²) in [4.78, 5) is 26.0. The molecule has 3 heteroatoms. The van der Waals surface area contributed by atoms with Crippen LogP contribution in [0.4, 0.5) is 0 Å². The van der Waals surface area contributed by atoms with Gasteiger partial charge in [-0.1, -0.05) is 0 Å². The number of fused-ring (bicyclic) bond motifs is 2. The van der Waals surface area contributed by atoms with Crippen LogP contribution in [0.25, 0.3) is 0 Å². The third kappa shape index (κ3) is 0.661. The fraction of sp³-hybridized carbons (Fsp3) is 0.875. The topological polar surface area (TPSA) is 43.4 Å². The van der Waals surface area contributed by atoms with E-state index < -0.39 is 0 Å². The molecule has 100 valence electrons. The van der Waals surface area contributed by atoms with Gasteiger partial charge < -0.3 is 4.74 Å². The molecule has 0 radical (unpaired) electrons. The molecule has 19 heavy (non-hydrogen) atoms. The zero-order valence-electron chi connectivity index (χ0n) is 11.0. The van der Waals surface area contributed by atoms with E-state index in [0.717, 1.165) is 12.8 Å². The van der Waals surface area contributed by atoms with E-state index in [4.69, 9.17) is 4.74 Å². The summed E-state index contributed by atoms with van der Waals surface area (Å²) >= 11 is 0. The van der Waals surface area contributed by atoms with Crippen molar-refractivity contribution in [2.45, 2.75) is 25.4 Å². The standard InChI is InChI=1S/C16H18O3/c1-19-8-3-2-7-12-9-5-4-6-11(10(5)14(12)17)15(18)16(7,8)13(6)9/h5-13H,2-4H2,1H3/t5?,6?,7?,8-,9?,10?,11?,12?,13?,16?/m0/s1. The third-order valence-electron chi connectivity index (χ3n) is 8.18. The lowest BCUT2D eigenvalue weighted by atomic mass is 9.71. The van der Waals surface area contributed by atoms with E-state index in [1.807, 2.05) is 0 Å². The van der Waals surface area contributed by atoms with Gasteiger partial charge in [0, 0.05) is 24.9 Å². The van der Waals surface area contributed by atoms with E-state index in [0.29, 0.717) is 41.2 Å². The summed E-state index contributed by atoms with van der Waals surface area (Å²) in [5.74, 6) is 3.95. The highest BCUT2D eigenvalue weighted by atomic mass is 16.5. The minimum atomic E-state index is -0.227. The molecule has 0 heterocycles. The molecule has 6 aliphatic carbocycles. The molecule has 0 saturated heterocycles. The van der Waals surface area contributed by atoms with Crippen molar-refractivity contribution in [1.29, 1.82) is 0 Å². The van der Waals surface area contributed by atoms with E-state index in [1.165, 1.54) is 6.42 Å². The minimum Gasteiger partial charge on any atom is -0.380 e. The van der Waals surface area contributed by atoms with Crippen molar-refractivity contribution in [2.24, 2.45) is 52.8 Å². The van der Waals surface area contributed by atoms with Crippen LogP contribution in [0.2, 0.25) is 0 Å². The van der Waals surface area contributed by atoms with Crippen LogP contribution in [-0.2, 0) is 14.3 Å². The van der Waals surface area contributed by atoms with Gasteiger partial charge in [0.2, 0.25) is 0 Å². The maximum absolute atomic E-state index is 13.2. The zero-order valence-corrected chi connectivity index (χ0v) is 11.0. The van der Waals surface area contributed by atoms with Crippen LogP contribution in [0.15, 0.2) is 0 Å². The zero-order chi connectivity index (χ0) is 12.7. The molecular formula is C16H18O3. The first-order valence-electron chi connectivity index (χ1n) is 7.83. The van der Waals surface area contributed by atoms with Gasteiger partial charge in [-0.25, -0.2) is 0 Å². The Morgan fingerprint density at radius 2 is 1.95 bits per heavy atom. The molecule has 0 aliphatic heterocycles. The summed E-state index contributed by atoms with van der Waals surface area (Å²) < 4.78 is 5.76. The highest BCUT2D eigenvalue weighted by Crippen LogP contribution is 2.84. The molecule has 6 fully saturated rings. The highest BCUT2D eigenvalue weighted by Gasteiger charge is 2.88. The van der Waals surface area contributed by atoms with E-state index in [-0.39, 0.29) is 29.3 Å². The number of ketones is 2. The SMILES string of the molecule is CO[C@H]1CCC2C3C(=O)C4C5CC6C4C(=O)C21C6C53. The molecule has 6 rings (SSSR count). The number of methoxy groups -OCH3 is 1. The lowest BCUT2D eigenvalue weighted by Gasteiger charge is -2.34. The van der Waals surface area contributed by atoms with Gasteiger partial charge in [-0.15, -0.1) is 0 Å². The number of ether oxygens (including phenoxy) is 1. The molecule has 1 spiro atoms. The van der Waals surface area contributed by atoms with E-state index in [2.05, 4.69) is 0 Å². The predicted molar refractivity (Wildman–Crippen MR) is 65.0 cm³/mol. The first-order chi connectivity index (χ1) is 9.22. The average molecular weight is 258 g/mol. The Morgan fingerprint density at radius 1 is 1.11 bits per heavy atom. The quantitative estimate of drug-likeness (QED) is 0.712. The van der Waals surface area contributed by atoms with Crippen LogP contribution in [0, 0.1) is 52.8 Å². The molecule has 6 aliphatic rings. The first-order valence-corrected chi connectivity index (χ1v) is 7.83. The number of hydrogen-bond acceptors (Lipinski definition) is 3. The van der Waals surface area contributed by atoms with Gasteiger partial charge in [-0.2, -0.15) is 0 Å². The Labute approximate surface area is 112 Å². The van der Waals surface area contributed by atoms with E-state index >= 15 is 0 Å². The van der Waals surface area contributed by atoms with Gasteiger partial charge in [-0.05, 0) is 48.9 Å². The van der Waals surface area contributed by atoms with Gasteiger partial charge in [0.15, 0.2) is 0 Å². The molecule has 10 atom stereocenters. The molecule has 2 bridgehead atoms. The van der Waals surface area contributed by atoms with E-state index in [1.54, 1.807) is 7.11 Å². The van der Waals surface area contributed by atoms with Crippen molar-refractivity contribution in [3.63, 3.8) is 0 Å². The fourth-order valence-electron chi connectivity index (χ4n) is 8.34. The van der Waals surface area contributed by atoms with Crippen molar-refractivity contribution in [2.75, 3.05) is 7.11 Å². The van der Waals surface area contributed by atoms with Gasteiger partial charge in [0.05, 0.1) is 11.5 Å². The second-order valence-corrected chi connectivity index (χ2v) is 7.85. The van der Waals surface area contributed by atoms with Crippen molar-refractivity contribution in [1.82, 2.24) is 0 Å². The molecule has 0 aromatic heterocycles. The second kappa shape index (κ2) is 2.57. The van der Waals surface area contributed by atoms with Crippen LogP contribution < -0.4 is 0 Å². The second-order valence-electron chi connectivity index (χ2n) is 7.85. The summed E-state index contributed by atoms with van der Waals surface area (Å²) in [6.45, 7) is 0. The summed E-state index contributed by atoms with van der Waals surface area (Å²) in [5, 5.41) is 0. The number of Topliss-reactive ketones (excluding diaryl/α,β-unsaturated/α-hetero) is 2. The molecule has 6 saturated carbocycles. The van der Waals surface area contributed by atoms with Crippen molar-refractivity contribution < 1.29 is 14.3 Å². The highest BCUT2D eigenvalue weighted by molar-refractivity contribution is 6.04. The summed E-state index contributed by atoms with van der Waals surface area (Å²) in [5.41, 5.74) is -0.227. The van der Waals surface area contributed by atoms with Crippen LogP contribution in [0.1, 0.15) is 19.3 Å². The predicted octanol–water partition coefficient (Wildman–Crippen LogP) is 1.31. The largest absolute Gasteiger partial charge is 0.380 e.